The first-order chi connectivity index (χ1) is 11.6. The van der Waals surface area contributed by atoms with Gasteiger partial charge in [0.05, 0.1) is 12.6 Å². The molecule has 1 heterocycles. The van der Waals surface area contributed by atoms with Gasteiger partial charge in [0.25, 0.3) is 0 Å². The SMILES string of the molecule is CN(C)C(=O)CN1CC[C@@H](NCCCOC2CCCC2)CCC1=O. The number of nitrogens with zero attached hydrogens (tertiary/aromatic N) is 2. The van der Waals surface area contributed by atoms with Crippen molar-refractivity contribution in [2.75, 3.05) is 40.3 Å². The van der Waals surface area contributed by atoms with Crippen molar-refractivity contribution >= 4 is 11.8 Å². The molecule has 0 aromatic heterocycles. The molecule has 0 spiro atoms. The fraction of sp³-hybridized carbons (Fsp3) is 0.889. The highest BCUT2D eigenvalue weighted by molar-refractivity contribution is 5.84. The lowest BCUT2D eigenvalue weighted by molar-refractivity contribution is -0.138. The summed E-state index contributed by atoms with van der Waals surface area (Å²) in [5.74, 6) is 0.0814. The summed E-state index contributed by atoms with van der Waals surface area (Å²) in [6, 6.07) is 0.361. The van der Waals surface area contributed by atoms with E-state index in [9.17, 15) is 9.59 Å². The lowest BCUT2D eigenvalue weighted by atomic mass is 10.1. The Hall–Kier alpha value is -1.14. The number of nitrogens with one attached hydrogen (secondary N) is 1. The number of hydrogen-bond donors (Lipinski definition) is 1. The fourth-order valence-corrected chi connectivity index (χ4v) is 3.40. The van der Waals surface area contributed by atoms with Gasteiger partial charge in [0.15, 0.2) is 0 Å². The second-order valence-corrected chi connectivity index (χ2v) is 7.21. The molecule has 1 saturated heterocycles. The Morgan fingerprint density at radius 2 is 2.00 bits per heavy atom. The van der Waals surface area contributed by atoms with Crippen molar-refractivity contribution in [1.82, 2.24) is 15.1 Å². The minimum Gasteiger partial charge on any atom is -0.378 e. The van der Waals surface area contributed by atoms with Crippen molar-refractivity contribution in [1.29, 1.82) is 0 Å². The van der Waals surface area contributed by atoms with Crippen LogP contribution in [0.2, 0.25) is 0 Å². The molecule has 0 unspecified atom stereocenters. The van der Waals surface area contributed by atoms with Crippen LogP contribution in [0, 0.1) is 0 Å². The zero-order valence-corrected chi connectivity index (χ0v) is 15.3. The summed E-state index contributed by atoms with van der Waals surface area (Å²) in [7, 11) is 3.45. The van der Waals surface area contributed by atoms with Crippen molar-refractivity contribution < 1.29 is 14.3 Å². The van der Waals surface area contributed by atoms with Gasteiger partial charge in [-0.3, -0.25) is 9.59 Å². The van der Waals surface area contributed by atoms with E-state index >= 15 is 0 Å². The van der Waals surface area contributed by atoms with Crippen molar-refractivity contribution in [3.05, 3.63) is 0 Å². The van der Waals surface area contributed by atoms with Gasteiger partial charge in [0, 0.05) is 39.7 Å². The molecule has 1 N–H and O–H groups in total. The number of amides is 2. The van der Waals surface area contributed by atoms with Gasteiger partial charge < -0.3 is 19.9 Å². The van der Waals surface area contributed by atoms with Crippen molar-refractivity contribution in [2.24, 2.45) is 0 Å². The lowest BCUT2D eigenvalue weighted by Gasteiger charge is -2.22. The number of carbonyl (C=O) groups is 2. The molecule has 2 aliphatic rings. The molecule has 2 amide bonds. The monoisotopic (exact) mass is 339 g/mol. The molecule has 24 heavy (non-hydrogen) atoms. The zero-order chi connectivity index (χ0) is 17.4. The van der Waals surface area contributed by atoms with Crippen LogP contribution in [0.4, 0.5) is 0 Å². The third-order valence-corrected chi connectivity index (χ3v) is 5.04. The van der Waals surface area contributed by atoms with Gasteiger partial charge in [-0.15, -0.1) is 0 Å². The van der Waals surface area contributed by atoms with E-state index in [1.165, 1.54) is 30.6 Å². The first kappa shape index (κ1) is 19.2. The predicted molar refractivity (Wildman–Crippen MR) is 93.7 cm³/mol. The number of likely N-dealkylation sites (N-methyl/N-ethyl adjacent to an activating group) is 1. The van der Waals surface area contributed by atoms with Crippen LogP contribution in [-0.4, -0.2) is 74.1 Å². The van der Waals surface area contributed by atoms with E-state index in [1.54, 1.807) is 19.0 Å². The highest BCUT2D eigenvalue weighted by Crippen LogP contribution is 2.20. The van der Waals surface area contributed by atoms with Crippen LogP contribution in [0.25, 0.3) is 0 Å². The van der Waals surface area contributed by atoms with Gasteiger partial charge in [-0.1, -0.05) is 12.8 Å². The third kappa shape index (κ3) is 6.40. The van der Waals surface area contributed by atoms with Crippen molar-refractivity contribution in [2.45, 2.75) is 63.5 Å². The van der Waals surface area contributed by atoms with Crippen LogP contribution < -0.4 is 5.32 Å². The lowest BCUT2D eigenvalue weighted by Crippen LogP contribution is -2.40. The number of ether oxygens (including phenoxy) is 1. The fourth-order valence-electron chi connectivity index (χ4n) is 3.40. The van der Waals surface area contributed by atoms with E-state index < -0.39 is 0 Å². The van der Waals surface area contributed by atoms with Crippen LogP contribution >= 0.6 is 0 Å². The van der Waals surface area contributed by atoms with Gasteiger partial charge >= 0.3 is 0 Å². The molecule has 1 atom stereocenters. The normalized spacial score (nSPS) is 22.7. The summed E-state index contributed by atoms with van der Waals surface area (Å²) in [4.78, 5) is 27.2. The summed E-state index contributed by atoms with van der Waals surface area (Å²) >= 11 is 0. The standard InChI is InChI=1S/C18H33N3O3/c1-20(2)18(23)14-21-12-10-15(8-9-17(21)22)19-11-5-13-24-16-6-3-4-7-16/h15-16,19H,3-14H2,1-2H3/t15-/m0/s1. The van der Waals surface area contributed by atoms with Crippen LogP contribution in [0.5, 0.6) is 0 Å². The van der Waals surface area contributed by atoms with E-state index in [-0.39, 0.29) is 18.4 Å². The maximum atomic E-state index is 12.1. The number of carbonyl (C=O) groups excluding carboxylic acids is 2. The molecule has 0 radical (unpaired) electrons. The van der Waals surface area contributed by atoms with E-state index in [1.807, 2.05) is 0 Å². The third-order valence-electron chi connectivity index (χ3n) is 5.04. The number of likely N-dealkylation sites (tertiary alicyclic amines) is 1. The van der Waals surface area contributed by atoms with Crippen molar-refractivity contribution in [3.8, 4) is 0 Å². The van der Waals surface area contributed by atoms with Crippen LogP contribution in [-0.2, 0) is 14.3 Å². The minimum absolute atomic E-state index is 0.0150. The maximum absolute atomic E-state index is 12.1. The summed E-state index contributed by atoms with van der Waals surface area (Å²) < 4.78 is 5.87. The second kappa shape index (κ2) is 9.99. The van der Waals surface area contributed by atoms with Crippen LogP contribution in [0.1, 0.15) is 51.4 Å². The Kier molecular flexibility index (Phi) is 7.99. The van der Waals surface area contributed by atoms with Crippen molar-refractivity contribution in [3.63, 3.8) is 0 Å². The molecule has 2 fully saturated rings. The minimum atomic E-state index is -0.0150. The average molecular weight is 339 g/mol. The molecule has 6 nitrogen and oxygen atoms in total. The Morgan fingerprint density at radius 1 is 1.25 bits per heavy atom. The predicted octanol–water partition coefficient (Wildman–Crippen LogP) is 1.39. The summed E-state index contributed by atoms with van der Waals surface area (Å²) in [5.41, 5.74) is 0. The molecule has 1 aliphatic carbocycles. The molecule has 0 aromatic carbocycles. The second-order valence-electron chi connectivity index (χ2n) is 7.21. The largest absolute Gasteiger partial charge is 0.378 e. The smallest absolute Gasteiger partial charge is 0.241 e. The molecular formula is C18H33N3O3. The summed E-state index contributed by atoms with van der Waals surface area (Å²) in [6.45, 7) is 2.62. The van der Waals surface area contributed by atoms with Gasteiger partial charge in [0.2, 0.25) is 11.8 Å². The highest BCUT2D eigenvalue weighted by Gasteiger charge is 2.24. The molecule has 0 aromatic rings. The molecule has 0 bridgehead atoms. The molecule has 6 heteroatoms. The van der Waals surface area contributed by atoms with E-state index in [0.29, 0.717) is 25.1 Å². The Balaban J connectivity index is 1.61. The first-order valence-corrected chi connectivity index (χ1v) is 9.39. The molecular weight excluding hydrogens is 306 g/mol. The first-order valence-electron chi connectivity index (χ1n) is 9.39. The van der Waals surface area contributed by atoms with E-state index in [0.717, 1.165) is 32.4 Å². The molecule has 2 rings (SSSR count). The molecule has 1 aliphatic heterocycles. The average Bonchev–Trinajstić information content (AvgIpc) is 3.01. The van der Waals surface area contributed by atoms with Gasteiger partial charge in [-0.25, -0.2) is 0 Å². The van der Waals surface area contributed by atoms with Gasteiger partial charge in [-0.2, -0.15) is 0 Å². The van der Waals surface area contributed by atoms with Crippen LogP contribution in [0.15, 0.2) is 0 Å². The topological polar surface area (TPSA) is 61.9 Å². The van der Waals surface area contributed by atoms with Crippen LogP contribution in [0.3, 0.4) is 0 Å². The molecule has 1 saturated carbocycles. The number of rotatable bonds is 8. The highest BCUT2D eigenvalue weighted by atomic mass is 16.5. The maximum Gasteiger partial charge on any atom is 0.241 e. The Morgan fingerprint density at radius 3 is 2.71 bits per heavy atom. The summed E-state index contributed by atoms with van der Waals surface area (Å²) in [5, 5.41) is 3.55. The zero-order valence-electron chi connectivity index (χ0n) is 15.3. The Bertz CT molecular complexity index is 408. The summed E-state index contributed by atoms with van der Waals surface area (Å²) in [6.07, 6.45) is 8.87. The van der Waals surface area contributed by atoms with E-state index in [4.69, 9.17) is 4.74 Å². The van der Waals surface area contributed by atoms with Gasteiger partial charge in [-0.05, 0) is 38.6 Å². The quantitative estimate of drug-likeness (QED) is 0.679. The number of hydrogen-bond acceptors (Lipinski definition) is 4. The van der Waals surface area contributed by atoms with E-state index in [2.05, 4.69) is 5.32 Å². The Labute approximate surface area is 145 Å². The molecule has 138 valence electrons. The van der Waals surface area contributed by atoms with Gasteiger partial charge in [0.1, 0.15) is 0 Å².